The molecule has 1 saturated carbocycles. The zero-order valence-corrected chi connectivity index (χ0v) is 10.2. The summed E-state index contributed by atoms with van der Waals surface area (Å²) in [5.74, 6) is 0.346. The van der Waals surface area contributed by atoms with Gasteiger partial charge in [-0.3, -0.25) is 4.79 Å². The number of Topliss-reactive ketones (excluding diaryl/α,β-unsaturated/α-hetero) is 1. The van der Waals surface area contributed by atoms with E-state index in [9.17, 15) is 4.79 Å². The Morgan fingerprint density at radius 2 is 1.80 bits per heavy atom. The van der Waals surface area contributed by atoms with Crippen LogP contribution >= 0.6 is 0 Å². The van der Waals surface area contributed by atoms with Crippen molar-refractivity contribution in [3.05, 3.63) is 0 Å². The summed E-state index contributed by atoms with van der Waals surface area (Å²) in [7, 11) is 0. The average Bonchev–Trinajstić information content (AvgIpc) is 2.28. The van der Waals surface area contributed by atoms with Crippen LogP contribution in [0.15, 0.2) is 0 Å². The molecule has 2 nitrogen and oxygen atoms in total. The lowest BCUT2D eigenvalue weighted by molar-refractivity contribution is -0.149. The maximum atomic E-state index is 12.1. The van der Waals surface area contributed by atoms with Gasteiger partial charge in [0.2, 0.25) is 0 Å². The summed E-state index contributed by atoms with van der Waals surface area (Å²) in [6.07, 6.45) is 8.09. The Kier molecular flexibility index (Phi) is 5.30. The van der Waals surface area contributed by atoms with Crippen LogP contribution in [-0.2, 0) is 9.53 Å². The van der Waals surface area contributed by atoms with Crippen molar-refractivity contribution < 1.29 is 9.53 Å². The van der Waals surface area contributed by atoms with Crippen molar-refractivity contribution in [1.29, 1.82) is 0 Å². The van der Waals surface area contributed by atoms with Crippen LogP contribution in [0, 0.1) is 0 Å². The van der Waals surface area contributed by atoms with E-state index in [1.54, 1.807) is 0 Å². The highest BCUT2D eigenvalue weighted by Crippen LogP contribution is 2.33. The largest absolute Gasteiger partial charge is 0.367 e. The first kappa shape index (κ1) is 12.7. The molecule has 1 rings (SSSR count). The molecule has 1 aliphatic carbocycles. The molecule has 0 aromatic carbocycles. The van der Waals surface area contributed by atoms with Gasteiger partial charge in [0.1, 0.15) is 5.60 Å². The molecular formula is C13H24O2. The molecular weight excluding hydrogens is 188 g/mol. The Hall–Kier alpha value is -0.370. The van der Waals surface area contributed by atoms with Crippen molar-refractivity contribution in [1.82, 2.24) is 0 Å². The lowest BCUT2D eigenvalue weighted by Crippen LogP contribution is -2.43. The molecule has 0 atom stereocenters. The fourth-order valence-corrected chi connectivity index (χ4v) is 2.38. The Morgan fingerprint density at radius 1 is 1.13 bits per heavy atom. The zero-order valence-electron chi connectivity index (χ0n) is 10.2. The molecule has 0 N–H and O–H groups in total. The van der Waals surface area contributed by atoms with Crippen LogP contribution in [0.1, 0.15) is 65.2 Å². The monoisotopic (exact) mass is 212 g/mol. The van der Waals surface area contributed by atoms with E-state index in [-0.39, 0.29) is 0 Å². The van der Waals surface area contributed by atoms with Gasteiger partial charge in [-0.1, -0.05) is 33.1 Å². The van der Waals surface area contributed by atoms with Crippen molar-refractivity contribution in [3.8, 4) is 0 Å². The third-order valence-corrected chi connectivity index (χ3v) is 3.23. The highest BCUT2D eigenvalue weighted by Gasteiger charge is 2.39. The van der Waals surface area contributed by atoms with Gasteiger partial charge in [0, 0.05) is 13.0 Å². The number of ether oxygens (including phenoxy) is 1. The van der Waals surface area contributed by atoms with Gasteiger partial charge in [-0.15, -0.1) is 0 Å². The third-order valence-electron chi connectivity index (χ3n) is 3.23. The lowest BCUT2D eigenvalue weighted by Gasteiger charge is -2.35. The predicted molar refractivity (Wildman–Crippen MR) is 62.0 cm³/mol. The van der Waals surface area contributed by atoms with E-state index in [1.807, 2.05) is 0 Å². The first-order chi connectivity index (χ1) is 7.25. The first-order valence-corrected chi connectivity index (χ1v) is 6.42. The summed E-state index contributed by atoms with van der Waals surface area (Å²) < 4.78 is 5.88. The molecule has 0 spiro atoms. The van der Waals surface area contributed by atoms with Gasteiger partial charge in [0.05, 0.1) is 0 Å². The smallest absolute Gasteiger partial charge is 0.164 e. The van der Waals surface area contributed by atoms with Crippen molar-refractivity contribution in [2.45, 2.75) is 70.8 Å². The molecule has 0 heterocycles. The van der Waals surface area contributed by atoms with E-state index in [2.05, 4.69) is 13.8 Å². The quantitative estimate of drug-likeness (QED) is 0.673. The number of hydrogen-bond donors (Lipinski definition) is 0. The van der Waals surface area contributed by atoms with Crippen LogP contribution in [0.25, 0.3) is 0 Å². The van der Waals surface area contributed by atoms with E-state index >= 15 is 0 Å². The summed E-state index contributed by atoms with van der Waals surface area (Å²) in [6, 6.07) is 0. The molecule has 0 radical (unpaired) electrons. The molecule has 0 aliphatic heterocycles. The van der Waals surface area contributed by atoms with Gasteiger partial charge < -0.3 is 4.74 Å². The highest BCUT2D eigenvalue weighted by molar-refractivity contribution is 5.87. The minimum absolute atomic E-state index is 0.346. The summed E-state index contributed by atoms with van der Waals surface area (Å²) in [5, 5.41) is 0. The standard InChI is InChI=1S/C13H24O2/c1-3-8-12(14)13(15-11-4-2)9-6-5-7-10-13/h3-11H2,1-2H3. The summed E-state index contributed by atoms with van der Waals surface area (Å²) >= 11 is 0. The van der Waals surface area contributed by atoms with Crippen LogP contribution in [0.4, 0.5) is 0 Å². The highest BCUT2D eigenvalue weighted by atomic mass is 16.5. The van der Waals surface area contributed by atoms with Crippen molar-refractivity contribution >= 4 is 5.78 Å². The van der Waals surface area contributed by atoms with Gasteiger partial charge in [0.15, 0.2) is 5.78 Å². The van der Waals surface area contributed by atoms with Crippen LogP contribution in [-0.4, -0.2) is 18.0 Å². The molecule has 0 saturated heterocycles. The van der Waals surface area contributed by atoms with Gasteiger partial charge in [-0.05, 0) is 25.7 Å². The molecule has 0 unspecified atom stereocenters. The normalized spacial score (nSPS) is 20.1. The number of carbonyl (C=O) groups excluding carboxylic acids is 1. The molecule has 88 valence electrons. The first-order valence-electron chi connectivity index (χ1n) is 6.42. The fraction of sp³-hybridized carbons (Fsp3) is 0.923. The van der Waals surface area contributed by atoms with E-state index in [0.29, 0.717) is 12.2 Å². The maximum Gasteiger partial charge on any atom is 0.164 e. The lowest BCUT2D eigenvalue weighted by atomic mass is 9.80. The molecule has 1 fully saturated rings. The second kappa shape index (κ2) is 6.26. The second-order valence-corrected chi connectivity index (χ2v) is 4.58. The van der Waals surface area contributed by atoms with Crippen LogP contribution < -0.4 is 0 Å². The fourth-order valence-electron chi connectivity index (χ4n) is 2.38. The number of rotatable bonds is 6. The van der Waals surface area contributed by atoms with Crippen molar-refractivity contribution in [2.75, 3.05) is 6.61 Å². The zero-order chi connectivity index (χ0) is 11.1. The van der Waals surface area contributed by atoms with Gasteiger partial charge >= 0.3 is 0 Å². The van der Waals surface area contributed by atoms with Crippen LogP contribution in [0.3, 0.4) is 0 Å². The summed E-state index contributed by atoms with van der Waals surface area (Å²) in [5.41, 5.74) is -0.399. The molecule has 15 heavy (non-hydrogen) atoms. The summed E-state index contributed by atoms with van der Waals surface area (Å²) in [6.45, 7) is 4.89. The molecule has 2 heteroatoms. The predicted octanol–water partition coefficient (Wildman–Crippen LogP) is 3.49. The molecule has 0 amide bonds. The van der Waals surface area contributed by atoms with Gasteiger partial charge in [0.25, 0.3) is 0 Å². The molecule has 0 aromatic heterocycles. The second-order valence-electron chi connectivity index (χ2n) is 4.58. The minimum atomic E-state index is -0.399. The Balaban J connectivity index is 2.61. The molecule has 1 aliphatic rings. The van der Waals surface area contributed by atoms with E-state index in [0.717, 1.165) is 45.1 Å². The maximum absolute atomic E-state index is 12.1. The number of ketones is 1. The summed E-state index contributed by atoms with van der Waals surface area (Å²) in [4.78, 5) is 12.1. The topological polar surface area (TPSA) is 26.3 Å². The number of carbonyl (C=O) groups is 1. The Bertz CT molecular complexity index is 193. The average molecular weight is 212 g/mol. The van der Waals surface area contributed by atoms with E-state index in [1.165, 1.54) is 6.42 Å². The molecule has 0 aromatic rings. The van der Waals surface area contributed by atoms with E-state index < -0.39 is 5.60 Å². The SMILES string of the molecule is CCCOC1(C(=O)CCC)CCCCC1. The van der Waals surface area contributed by atoms with Crippen molar-refractivity contribution in [2.24, 2.45) is 0 Å². The minimum Gasteiger partial charge on any atom is -0.367 e. The Morgan fingerprint density at radius 3 is 2.33 bits per heavy atom. The van der Waals surface area contributed by atoms with Crippen LogP contribution in [0.5, 0.6) is 0 Å². The van der Waals surface area contributed by atoms with Crippen LogP contribution in [0.2, 0.25) is 0 Å². The third kappa shape index (κ3) is 3.30. The van der Waals surface area contributed by atoms with Crippen molar-refractivity contribution in [3.63, 3.8) is 0 Å². The Labute approximate surface area is 93.4 Å². The van der Waals surface area contributed by atoms with Gasteiger partial charge in [-0.2, -0.15) is 0 Å². The van der Waals surface area contributed by atoms with E-state index in [4.69, 9.17) is 4.74 Å². The molecule has 0 bridgehead atoms. The number of hydrogen-bond acceptors (Lipinski definition) is 2. The van der Waals surface area contributed by atoms with Gasteiger partial charge in [-0.25, -0.2) is 0 Å².